The predicted octanol–water partition coefficient (Wildman–Crippen LogP) is 0.309. The molecule has 1 aromatic rings. The van der Waals surface area contributed by atoms with Crippen LogP contribution in [0.3, 0.4) is 0 Å². The van der Waals surface area contributed by atoms with Gasteiger partial charge in [0, 0.05) is 19.8 Å². The van der Waals surface area contributed by atoms with E-state index in [0.29, 0.717) is 19.0 Å². The molecule has 0 atom stereocenters. The molecule has 1 rings (SSSR count). The first-order chi connectivity index (χ1) is 8.77. The van der Waals surface area contributed by atoms with Gasteiger partial charge in [-0.1, -0.05) is 6.92 Å². The quantitative estimate of drug-likeness (QED) is 0.350. The summed E-state index contributed by atoms with van der Waals surface area (Å²) in [5, 5.41) is 2.74. The number of amides is 1. The summed E-state index contributed by atoms with van der Waals surface area (Å²) < 4.78 is 5.30. The molecule has 0 bridgehead atoms. The first-order valence-corrected chi connectivity index (χ1v) is 5.92. The number of hydrogen-bond acceptors (Lipinski definition) is 6. The lowest BCUT2D eigenvalue weighted by molar-refractivity contribution is 0.0936. The Labute approximate surface area is 106 Å². The molecule has 0 radical (unpaired) electrons. The van der Waals surface area contributed by atoms with Crippen LogP contribution >= 0.6 is 0 Å². The van der Waals surface area contributed by atoms with Gasteiger partial charge in [0.1, 0.15) is 5.69 Å². The third-order valence-corrected chi connectivity index (χ3v) is 2.11. The number of carbonyl (C=O) groups is 1. The molecule has 0 aliphatic carbocycles. The molecular weight excluding hydrogens is 234 g/mol. The normalized spacial score (nSPS) is 10.1. The Bertz CT molecular complexity index is 372. The highest BCUT2D eigenvalue weighted by molar-refractivity contribution is 5.92. The van der Waals surface area contributed by atoms with Gasteiger partial charge in [-0.15, -0.1) is 0 Å². The van der Waals surface area contributed by atoms with Crippen molar-refractivity contribution in [2.24, 2.45) is 5.84 Å². The van der Waals surface area contributed by atoms with E-state index >= 15 is 0 Å². The number of rotatable bonds is 8. The molecule has 0 aromatic carbocycles. The summed E-state index contributed by atoms with van der Waals surface area (Å²) in [6.07, 6.45) is 4.61. The number of aromatic nitrogens is 2. The van der Waals surface area contributed by atoms with Crippen molar-refractivity contribution in [3.8, 4) is 0 Å². The number of nitrogen functional groups attached to an aromatic ring is 1. The molecule has 1 amide bonds. The fraction of sp³-hybridized carbons (Fsp3) is 0.545. The number of ether oxygens (including phenoxy) is 1. The zero-order valence-electron chi connectivity index (χ0n) is 10.5. The number of hydrazine groups is 1. The second-order valence-corrected chi connectivity index (χ2v) is 3.66. The molecular formula is C11H19N5O2. The second-order valence-electron chi connectivity index (χ2n) is 3.66. The monoisotopic (exact) mass is 253 g/mol. The summed E-state index contributed by atoms with van der Waals surface area (Å²) in [7, 11) is 0. The van der Waals surface area contributed by atoms with E-state index in [1.54, 1.807) is 0 Å². The Balaban J connectivity index is 2.27. The van der Waals surface area contributed by atoms with Crippen molar-refractivity contribution in [3.63, 3.8) is 0 Å². The van der Waals surface area contributed by atoms with Crippen LogP contribution in [0.2, 0.25) is 0 Å². The molecule has 0 aliphatic heterocycles. The predicted molar refractivity (Wildman–Crippen MR) is 67.9 cm³/mol. The molecule has 0 fully saturated rings. The smallest absolute Gasteiger partial charge is 0.271 e. The van der Waals surface area contributed by atoms with Crippen LogP contribution in [0.5, 0.6) is 0 Å². The van der Waals surface area contributed by atoms with Crippen LogP contribution in [0.15, 0.2) is 12.4 Å². The van der Waals surface area contributed by atoms with Crippen molar-refractivity contribution >= 4 is 11.7 Å². The summed E-state index contributed by atoms with van der Waals surface area (Å²) in [4.78, 5) is 19.5. The lowest BCUT2D eigenvalue weighted by Gasteiger charge is -2.06. The molecule has 0 saturated carbocycles. The van der Waals surface area contributed by atoms with E-state index in [1.165, 1.54) is 12.4 Å². The molecule has 100 valence electrons. The fourth-order valence-corrected chi connectivity index (χ4v) is 1.26. The number of anilines is 1. The largest absolute Gasteiger partial charge is 0.381 e. The van der Waals surface area contributed by atoms with E-state index < -0.39 is 0 Å². The molecule has 4 N–H and O–H groups in total. The van der Waals surface area contributed by atoms with Crippen LogP contribution in [0.1, 0.15) is 30.3 Å². The highest BCUT2D eigenvalue weighted by Crippen LogP contribution is 1.99. The van der Waals surface area contributed by atoms with Crippen molar-refractivity contribution in [1.29, 1.82) is 0 Å². The summed E-state index contributed by atoms with van der Waals surface area (Å²) in [6.45, 7) is 4.00. The minimum absolute atomic E-state index is 0.236. The average molecular weight is 253 g/mol. The van der Waals surface area contributed by atoms with Crippen molar-refractivity contribution < 1.29 is 9.53 Å². The lowest BCUT2D eigenvalue weighted by Crippen LogP contribution is -2.26. The maximum absolute atomic E-state index is 11.7. The Kier molecular flexibility index (Phi) is 6.67. The molecule has 0 saturated heterocycles. The molecule has 0 unspecified atom stereocenters. The van der Waals surface area contributed by atoms with Crippen LogP contribution in [0.25, 0.3) is 0 Å². The van der Waals surface area contributed by atoms with E-state index in [1.807, 2.05) is 0 Å². The molecule has 1 aromatic heterocycles. The standard InChI is InChI=1S/C11H19N5O2/c1-2-5-18-6-3-4-14-11(17)9-7-13-8-10(15-9)16-12/h7-8H,2-6,12H2,1H3,(H,14,17)(H,15,16). The number of nitrogens with one attached hydrogen (secondary N) is 2. The zero-order valence-corrected chi connectivity index (χ0v) is 10.5. The minimum atomic E-state index is -0.268. The minimum Gasteiger partial charge on any atom is -0.381 e. The lowest BCUT2D eigenvalue weighted by atomic mass is 10.4. The Hall–Kier alpha value is -1.73. The third-order valence-electron chi connectivity index (χ3n) is 2.11. The second kappa shape index (κ2) is 8.37. The number of carbonyl (C=O) groups excluding carboxylic acids is 1. The number of nitrogens with two attached hydrogens (primary N) is 1. The molecule has 18 heavy (non-hydrogen) atoms. The summed E-state index contributed by atoms with van der Waals surface area (Å²) >= 11 is 0. The average Bonchev–Trinajstić information content (AvgIpc) is 2.42. The van der Waals surface area contributed by atoms with E-state index in [0.717, 1.165) is 19.4 Å². The maximum atomic E-state index is 11.7. The number of nitrogens with zero attached hydrogens (tertiary/aromatic N) is 2. The fourth-order valence-electron chi connectivity index (χ4n) is 1.26. The third kappa shape index (κ3) is 5.07. The first kappa shape index (κ1) is 14.3. The van der Waals surface area contributed by atoms with Gasteiger partial charge in [0.05, 0.1) is 12.4 Å². The van der Waals surface area contributed by atoms with Crippen LogP contribution in [0, 0.1) is 0 Å². The van der Waals surface area contributed by atoms with Gasteiger partial charge in [-0.25, -0.2) is 10.8 Å². The number of hydrogen-bond donors (Lipinski definition) is 3. The van der Waals surface area contributed by atoms with Crippen molar-refractivity contribution in [2.45, 2.75) is 19.8 Å². The Morgan fingerprint density at radius 3 is 3.00 bits per heavy atom. The topological polar surface area (TPSA) is 102 Å². The van der Waals surface area contributed by atoms with Crippen molar-refractivity contribution in [1.82, 2.24) is 15.3 Å². The molecule has 7 nitrogen and oxygen atoms in total. The van der Waals surface area contributed by atoms with Gasteiger partial charge in [0.25, 0.3) is 5.91 Å². The molecule has 1 heterocycles. The van der Waals surface area contributed by atoms with Gasteiger partial charge in [0.2, 0.25) is 0 Å². The van der Waals surface area contributed by atoms with Gasteiger partial charge >= 0.3 is 0 Å². The zero-order chi connectivity index (χ0) is 13.2. The Morgan fingerprint density at radius 2 is 2.28 bits per heavy atom. The SMILES string of the molecule is CCCOCCCNC(=O)c1cncc(NN)n1. The van der Waals surface area contributed by atoms with Gasteiger partial charge in [-0.3, -0.25) is 9.78 Å². The van der Waals surface area contributed by atoms with Crippen LogP contribution in [0.4, 0.5) is 5.82 Å². The van der Waals surface area contributed by atoms with E-state index in [-0.39, 0.29) is 11.6 Å². The van der Waals surface area contributed by atoms with E-state index in [4.69, 9.17) is 10.6 Å². The highest BCUT2D eigenvalue weighted by Gasteiger charge is 2.07. The summed E-state index contributed by atoms with van der Waals surface area (Å²) in [5.74, 6) is 5.27. The first-order valence-electron chi connectivity index (χ1n) is 5.92. The van der Waals surface area contributed by atoms with Gasteiger partial charge in [-0.05, 0) is 12.8 Å². The summed E-state index contributed by atoms with van der Waals surface area (Å²) in [6, 6.07) is 0. The van der Waals surface area contributed by atoms with Gasteiger partial charge in [0.15, 0.2) is 5.82 Å². The molecule has 0 spiro atoms. The maximum Gasteiger partial charge on any atom is 0.271 e. The Morgan fingerprint density at radius 1 is 1.44 bits per heavy atom. The van der Waals surface area contributed by atoms with E-state index in [9.17, 15) is 4.79 Å². The van der Waals surface area contributed by atoms with Gasteiger partial charge < -0.3 is 15.5 Å². The molecule has 0 aliphatic rings. The van der Waals surface area contributed by atoms with Crippen LogP contribution < -0.4 is 16.6 Å². The van der Waals surface area contributed by atoms with Crippen molar-refractivity contribution in [3.05, 3.63) is 18.1 Å². The van der Waals surface area contributed by atoms with Crippen LogP contribution in [-0.2, 0) is 4.74 Å². The van der Waals surface area contributed by atoms with Gasteiger partial charge in [-0.2, -0.15) is 0 Å². The van der Waals surface area contributed by atoms with Crippen LogP contribution in [-0.4, -0.2) is 35.6 Å². The molecule has 7 heteroatoms. The van der Waals surface area contributed by atoms with E-state index in [2.05, 4.69) is 27.6 Å². The highest BCUT2D eigenvalue weighted by atomic mass is 16.5. The van der Waals surface area contributed by atoms with Crippen molar-refractivity contribution in [2.75, 3.05) is 25.2 Å². The summed E-state index contributed by atoms with van der Waals surface area (Å²) in [5.41, 5.74) is 2.58.